The first-order chi connectivity index (χ1) is 11.1. The first-order valence-electron chi connectivity index (χ1n) is 7.17. The maximum atomic E-state index is 12.5. The Kier molecular flexibility index (Phi) is 3.88. The van der Waals surface area contributed by atoms with Gasteiger partial charge in [-0.3, -0.25) is 9.48 Å². The lowest BCUT2D eigenvalue weighted by molar-refractivity contribution is 0.0950. The molecule has 0 bridgehead atoms. The lowest BCUT2D eigenvalue weighted by Gasteiger charge is -2.09. The number of nitrogens with one attached hydrogen (secondary N) is 1. The SMILES string of the molecule is Cc1nn(C)c(C)c1CNC(=O)c1ccccc1-n1cnnn1. The standard InChI is InChI=1S/C15H17N7O/c1-10-13(11(2)21(3)18-10)8-16-15(23)12-6-4-5-7-14(12)22-9-17-19-20-22/h4-7,9H,8H2,1-3H3,(H,16,23). The summed E-state index contributed by atoms with van der Waals surface area (Å²) in [5.41, 5.74) is 4.13. The predicted octanol–water partition coefficient (Wildman–Crippen LogP) is 0.943. The minimum absolute atomic E-state index is 0.182. The van der Waals surface area contributed by atoms with Gasteiger partial charge in [0.1, 0.15) is 6.33 Å². The van der Waals surface area contributed by atoms with Crippen LogP contribution in [-0.2, 0) is 13.6 Å². The minimum Gasteiger partial charge on any atom is -0.348 e. The van der Waals surface area contributed by atoms with Crippen LogP contribution in [0.5, 0.6) is 0 Å². The van der Waals surface area contributed by atoms with Crippen molar-refractivity contribution in [2.45, 2.75) is 20.4 Å². The molecule has 0 saturated heterocycles. The summed E-state index contributed by atoms with van der Waals surface area (Å²) >= 11 is 0. The zero-order valence-electron chi connectivity index (χ0n) is 13.2. The molecule has 1 aromatic carbocycles. The second kappa shape index (κ2) is 5.99. The van der Waals surface area contributed by atoms with Gasteiger partial charge < -0.3 is 5.32 Å². The molecule has 0 spiro atoms. The third-order valence-corrected chi connectivity index (χ3v) is 3.83. The average molecular weight is 311 g/mol. The van der Waals surface area contributed by atoms with Gasteiger partial charge in [-0.15, -0.1) is 5.10 Å². The van der Waals surface area contributed by atoms with E-state index in [0.717, 1.165) is 17.0 Å². The second-order valence-corrected chi connectivity index (χ2v) is 5.23. The van der Waals surface area contributed by atoms with E-state index in [1.54, 1.807) is 12.1 Å². The van der Waals surface area contributed by atoms with Gasteiger partial charge in [0, 0.05) is 24.8 Å². The van der Waals surface area contributed by atoms with Gasteiger partial charge in [0.15, 0.2) is 0 Å². The predicted molar refractivity (Wildman–Crippen MR) is 83.0 cm³/mol. The number of aromatic nitrogens is 6. The van der Waals surface area contributed by atoms with Crippen molar-refractivity contribution >= 4 is 5.91 Å². The summed E-state index contributed by atoms with van der Waals surface area (Å²) in [5.74, 6) is -0.182. The fourth-order valence-electron chi connectivity index (χ4n) is 2.47. The summed E-state index contributed by atoms with van der Waals surface area (Å²) in [5, 5.41) is 18.4. The molecule has 3 rings (SSSR count). The van der Waals surface area contributed by atoms with E-state index < -0.39 is 0 Å². The largest absolute Gasteiger partial charge is 0.348 e. The lowest BCUT2D eigenvalue weighted by atomic mass is 10.1. The molecule has 118 valence electrons. The molecule has 2 heterocycles. The van der Waals surface area contributed by atoms with Gasteiger partial charge in [-0.2, -0.15) is 9.78 Å². The van der Waals surface area contributed by atoms with Crippen molar-refractivity contribution < 1.29 is 4.79 Å². The number of hydrogen-bond acceptors (Lipinski definition) is 5. The highest BCUT2D eigenvalue weighted by Gasteiger charge is 2.15. The van der Waals surface area contributed by atoms with Crippen LogP contribution in [-0.4, -0.2) is 35.9 Å². The van der Waals surface area contributed by atoms with Gasteiger partial charge in [0.05, 0.1) is 16.9 Å². The minimum atomic E-state index is -0.182. The van der Waals surface area contributed by atoms with E-state index in [1.807, 2.05) is 37.7 Å². The summed E-state index contributed by atoms with van der Waals surface area (Å²) in [7, 11) is 1.89. The molecule has 8 nitrogen and oxygen atoms in total. The lowest BCUT2D eigenvalue weighted by Crippen LogP contribution is -2.25. The highest BCUT2D eigenvalue weighted by molar-refractivity contribution is 5.97. The van der Waals surface area contributed by atoms with Crippen molar-refractivity contribution in [3.8, 4) is 5.69 Å². The molecule has 0 atom stereocenters. The molecule has 2 aromatic heterocycles. The molecule has 1 amide bonds. The second-order valence-electron chi connectivity index (χ2n) is 5.23. The van der Waals surface area contributed by atoms with Crippen LogP contribution in [0.15, 0.2) is 30.6 Å². The van der Waals surface area contributed by atoms with Gasteiger partial charge >= 0.3 is 0 Å². The van der Waals surface area contributed by atoms with Crippen molar-refractivity contribution in [3.05, 3.63) is 53.1 Å². The molecule has 0 saturated carbocycles. The maximum absolute atomic E-state index is 12.5. The van der Waals surface area contributed by atoms with E-state index in [1.165, 1.54) is 11.0 Å². The van der Waals surface area contributed by atoms with Crippen molar-refractivity contribution in [2.24, 2.45) is 7.05 Å². The van der Waals surface area contributed by atoms with Crippen LogP contribution >= 0.6 is 0 Å². The molecule has 0 aliphatic rings. The van der Waals surface area contributed by atoms with Crippen molar-refractivity contribution in [3.63, 3.8) is 0 Å². The number of benzene rings is 1. The fourth-order valence-corrected chi connectivity index (χ4v) is 2.47. The Morgan fingerprint density at radius 3 is 2.70 bits per heavy atom. The van der Waals surface area contributed by atoms with Gasteiger partial charge in [-0.05, 0) is 36.4 Å². The molecule has 23 heavy (non-hydrogen) atoms. The Morgan fingerprint density at radius 1 is 1.26 bits per heavy atom. The van der Waals surface area contributed by atoms with Gasteiger partial charge in [-0.1, -0.05) is 12.1 Å². The van der Waals surface area contributed by atoms with E-state index >= 15 is 0 Å². The first kappa shape index (κ1) is 14.9. The monoisotopic (exact) mass is 311 g/mol. The van der Waals surface area contributed by atoms with Gasteiger partial charge in [-0.25, -0.2) is 0 Å². The van der Waals surface area contributed by atoms with Crippen LogP contribution in [0.25, 0.3) is 5.69 Å². The molecular formula is C15H17N7O. The van der Waals surface area contributed by atoms with Gasteiger partial charge in [0.2, 0.25) is 0 Å². The van der Waals surface area contributed by atoms with Crippen LogP contribution < -0.4 is 5.32 Å². The molecule has 0 unspecified atom stereocenters. The first-order valence-corrected chi connectivity index (χ1v) is 7.17. The van der Waals surface area contributed by atoms with Crippen LogP contribution in [0.2, 0.25) is 0 Å². The topological polar surface area (TPSA) is 90.5 Å². The highest BCUT2D eigenvalue weighted by atomic mass is 16.1. The summed E-state index contributed by atoms with van der Waals surface area (Å²) in [6.07, 6.45) is 1.46. The molecular weight excluding hydrogens is 294 g/mol. The molecule has 3 aromatic rings. The third-order valence-electron chi connectivity index (χ3n) is 3.83. The van der Waals surface area contributed by atoms with Crippen molar-refractivity contribution in [1.82, 2.24) is 35.3 Å². The molecule has 0 aliphatic carbocycles. The molecule has 8 heteroatoms. The zero-order valence-corrected chi connectivity index (χ0v) is 13.2. The van der Waals surface area contributed by atoms with Crippen LogP contribution in [0, 0.1) is 13.8 Å². The molecule has 1 N–H and O–H groups in total. The number of carbonyl (C=O) groups excluding carboxylic acids is 1. The number of hydrogen-bond donors (Lipinski definition) is 1. The quantitative estimate of drug-likeness (QED) is 0.774. The number of para-hydroxylation sites is 1. The smallest absolute Gasteiger partial charge is 0.253 e. The van der Waals surface area contributed by atoms with E-state index in [-0.39, 0.29) is 5.91 Å². The van der Waals surface area contributed by atoms with Crippen LogP contribution in [0.4, 0.5) is 0 Å². The van der Waals surface area contributed by atoms with Crippen LogP contribution in [0.1, 0.15) is 27.3 Å². The van der Waals surface area contributed by atoms with Crippen molar-refractivity contribution in [2.75, 3.05) is 0 Å². The third kappa shape index (κ3) is 2.83. The maximum Gasteiger partial charge on any atom is 0.253 e. The zero-order chi connectivity index (χ0) is 16.4. The molecule has 0 radical (unpaired) electrons. The highest BCUT2D eigenvalue weighted by Crippen LogP contribution is 2.14. The molecule has 0 fully saturated rings. The summed E-state index contributed by atoms with van der Waals surface area (Å²) in [6, 6.07) is 7.19. The van der Waals surface area contributed by atoms with Crippen LogP contribution in [0.3, 0.4) is 0 Å². The normalized spacial score (nSPS) is 10.7. The van der Waals surface area contributed by atoms with Gasteiger partial charge in [0.25, 0.3) is 5.91 Å². The summed E-state index contributed by atoms with van der Waals surface area (Å²) in [4.78, 5) is 12.5. The fraction of sp³-hybridized carbons (Fsp3) is 0.267. The Morgan fingerprint density at radius 2 is 2.04 bits per heavy atom. The Labute approximate surface area is 133 Å². The number of amides is 1. The molecule has 0 aliphatic heterocycles. The summed E-state index contributed by atoms with van der Waals surface area (Å²) in [6.45, 7) is 4.34. The Bertz CT molecular complexity index is 836. The van der Waals surface area contributed by atoms with Crippen molar-refractivity contribution in [1.29, 1.82) is 0 Å². The number of carbonyl (C=O) groups is 1. The number of tetrazole rings is 1. The Balaban J connectivity index is 1.82. The Hall–Kier alpha value is -3.03. The van der Waals surface area contributed by atoms with E-state index in [0.29, 0.717) is 17.8 Å². The van der Waals surface area contributed by atoms with E-state index in [2.05, 4.69) is 25.9 Å². The number of rotatable bonds is 4. The number of nitrogens with zero attached hydrogens (tertiary/aromatic N) is 6. The average Bonchev–Trinajstić information content (AvgIpc) is 3.15. The number of aryl methyl sites for hydroxylation is 2. The van der Waals surface area contributed by atoms with E-state index in [9.17, 15) is 4.79 Å². The van der Waals surface area contributed by atoms with E-state index in [4.69, 9.17) is 0 Å². The summed E-state index contributed by atoms with van der Waals surface area (Å²) < 4.78 is 3.28.